The van der Waals surface area contributed by atoms with Gasteiger partial charge in [-0.1, -0.05) is 0 Å². The summed E-state index contributed by atoms with van der Waals surface area (Å²) in [6, 6.07) is -0.172. The minimum absolute atomic E-state index is 0.0683. The van der Waals surface area contributed by atoms with E-state index in [9.17, 15) is 9.59 Å². The van der Waals surface area contributed by atoms with E-state index in [0.717, 1.165) is 63.1 Å². The Kier molecular flexibility index (Phi) is 9.15. The Morgan fingerprint density at radius 2 is 1.57 bits per heavy atom. The molecule has 4 rings (SSSR count). The largest absolute Gasteiger partial charge is 0.344 e. The average molecular weight is 507 g/mol. The van der Waals surface area contributed by atoms with Gasteiger partial charge in [-0.2, -0.15) is 19.6 Å². The molecule has 0 bridgehead atoms. The second kappa shape index (κ2) is 12.5. The Morgan fingerprint density at radius 1 is 0.886 bits per heavy atom. The van der Waals surface area contributed by atoms with Crippen molar-refractivity contribution in [1.29, 1.82) is 0 Å². The molecule has 2 amide bonds. The number of aromatic nitrogens is 4. The van der Waals surface area contributed by atoms with Gasteiger partial charge in [0.05, 0.1) is 19.5 Å². The predicted octanol–water partition coefficient (Wildman–Crippen LogP) is 1.72. The third-order valence-corrected chi connectivity index (χ3v) is 7.02. The normalized spacial score (nSPS) is 18.5. The SMILES string of the molecule is COOSN1CCCN(C(=O)n2cc(CCN3CCCN(C(=O)n4cc(C)cn4)CC3)cn2)CC1. The molecule has 2 aromatic heterocycles. The molecular weight excluding hydrogens is 472 g/mol. The second-order valence-corrected chi connectivity index (χ2v) is 9.63. The Morgan fingerprint density at radius 3 is 2.29 bits per heavy atom. The molecule has 192 valence electrons. The summed E-state index contributed by atoms with van der Waals surface area (Å²) >= 11 is 1.17. The van der Waals surface area contributed by atoms with E-state index in [1.807, 2.05) is 27.2 Å². The summed E-state index contributed by atoms with van der Waals surface area (Å²) in [5.41, 5.74) is 2.00. The summed E-state index contributed by atoms with van der Waals surface area (Å²) in [6.45, 7) is 8.74. The minimum atomic E-state index is -0.103. The standard InChI is InChI=1S/C22H34N8O4S/c1-19-15-23-29(17-19)21(31)26-7-3-6-25(11-12-26)10-5-20-16-24-30(18-20)22(32)27-8-4-9-28(14-13-27)35-34-33-2/h15-18H,3-14H2,1-2H3. The van der Waals surface area contributed by atoms with Crippen molar-refractivity contribution in [3.05, 3.63) is 35.9 Å². The predicted molar refractivity (Wildman–Crippen MR) is 131 cm³/mol. The van der Waals surface area contributed by atoms with E-state index in [1.54, 1.807) is 18.6 Å². The Balaban J connectivity index is 1.23. The van der Waals surface area contributed by atoms with E-state index in [-0.39, 0.29) is 12.1 Å². The van der Waals surface area contributed by atoms with Gasteiger partial charge in [0.15, 0.2) is 0 Å². The number of carbonyl (C=O) groups is 2. The van der Waals surface area contributed by atoms with Crippen LogP contribution < -0.4 is 0 Å². The lowest BCUT2D eigenvalue weighted by Gasteiger charge is -2.21. The summed E-state index contributed by atoms with van der Waals surface area (Å²) < 4.78 is 9.83. The number of rotatable bonds is 6. The van der Waals surface area contributed by atoms with Gasteiger partial charge in [-0.15, -0.1) is 4.33 Å². The molecular formula is C22H34N8O4S. The van der Waals surface area contributed by atoms with Crippen LogP contribution in [0.25, 0.3) is 0 Å². The highest BCUT2D eigenvalue weighted by Gasteiger charge is 2.23. The van der Waals surface area contributed by atoms with Gasteiger partial charge in [-0.3, -0.25) is 0 Å². The number of hydrogen-bond acceptors (Lipinski definition) is 9. The average Bonchev–Trinajstić information content (AvgIpc) is 3.36. The Labute approximate surface area is 210 Å². The van der Waals surface area contributed by atoms with Crippen LogP contribution in [0.3, 0.4) is 0 Å². The molecule has 13 heteroatoms. The monoisotopic (exact) mass is 506 g/mol. The molecule has 2 saturated heterocycles. The minimum Gasteiger partial charge on any atom is -0.322 e. The zero-order chi connectivity index (χ0) is 24.6. The zero-order valence-corrected chi connectivity index (χ0v) is 21.2. The van der Waals surface area contributed by atoms with Crippen molar-refractivity contribution in [2.75, 3.05) is 66.0 Å². The van der Waals surface area contributed by atoms with E-state index in [0.29, 0.717) is 26.2 Å². The quantitative estimate of drug-likeness (QED) is 0.251. The summed E-state index contributed by atoms with van der Waals surface area (Å²) in [4.78, 5) is 36.3. The lowest BCUT2D eigenvalue weighted by atomic mass is 10.2. The molecule has 0 N–H and O–H groups in total. The van der Waals surface area contributed by atoms with Crippen molar-refractivity contribution in [1.82, 2.24) is 38.6 Å². The highest BCUT2D eigenvalue weighted by atomic mass is 32.2. The van der Waals surface area contributed by atoms with Crippen LogP contribution >= 0.6 is 12.2 Å². The Bertz CT molecular complexity index is 982. The van der Waals surface area contributed by atoms with E-state index in [1.165, 1.54) is 28.7 Å². The highest BCUT2D eigenvalue weighted by molar-refractivity contribution is 7.92. The molecule has 35 heavy (non-hydrogen) atoms. The maximum atomic E-state index is 12.9. The van der Waals surface area contributed by atoms with Crippen LogP contribution in [0.2, 0.25) is 0 Å². The van der Waals surface area contributed by atoms with Gasteiger partial charge >= 0.3 is 12.1 Å². The third kappa shape index (κ3) is 7.04. The van der Waals surface area contributed by atoms with Crippen LogP contribution in [0.4, 0.5) is 9.59 Å². The first-order valence-electron chi connectivity index (χ1n) is 12.0. The van der Waals surface area contributed by atoms with Gasteiger partial charge in [0, 0.05) is 64.8 Å². The van der Waals surface area contributed by atoms with Crippen molar-refractivity contribution in [2.24, 2.45) is 0 Å². The van der Waals surface area contributed by atoms with Crippen molar-refractivity contribution < 1.29 is 18.8 Å². The van der Waals surface area contributed by atoms with Crippen molar-refractivity contribution in [3.8, 4) is 0 Å². The second-order valence-electron chi connectivity index (χ2n) is 8.83. The van der Waals surface area contributed by atoms with Gasteiger partial charge in [-0.05, 0) is 43.9 Å². The van der Waals surface area contributed by atoms with Crippen molar-refractivity contribution in [2.45, 2.75) is 26.2 Å². The highest BCUT2D eigenvalue weighted by Crippen LogP contribution is 2.16. The summed E-state index contributed by atoms with van der Waals surface area (Å²) in [7, 11) is 1.47. The number of hydrogen-bond donors (Lipinski definition) is 0. The van der Waals surface area contributed by atoms with Gasteiger partial charge in [0.25, 0.3) is 0 Å². The van der Waals surface area contributed by atoms with E-state index < -0.39 is 0 Å². The number of amides is 2. The molecule has 0 spiro atoms. The smallest absolute Gasteiger partial charge is 0.322 e. The molecule has 0 unspecified atom stereocenters. The molecule has 2 aliphatic heterocycles. The maximum absolute atomic E-state index is 12.9. The van der Waals surface area contributed by atoms with Gasteiger partial charge in [0.1, 0.15) is 12.2 Å². The maximum Gasteiger partial charge on any atom is 0.344 e. The molecule has 4 heterocycles. The number of aryl methyl sites for hydroxylation is 1. The molecule has 0 radical (unpaired) electrons. The first-order chi connectivity index (χ1) is 17.0. The fourth-order valence-corrected chi connectivity index (χ4v) is 4.81. The van der Waals surface area contributed by atoms with Gasteiger partial charge in [0.2, 0.25) is 0 Å². The summed E-state index contributed by atoms with van der Waals surface area (Å²) in [5.74, 6) is 0. The Hall–Kier alpha value is -2.45. The molecule has 0 saturated carbocycles. The topological polar surface area (TPSA) is 101 Å². The van der Waals surface area contributed by atoms with E-state index in [4.69, 9.17) is 4.33 Å². The molecule has 12 nitrogen and oxygen atoms in total. The van der Waals surface area contributed by atoms with E-state index in [2.05, 4.69) is 20.0 Å². The first-order valence-corrected chi connectivity index (χ1v) is 12.7. The molecule has 2 aromatic rings. The van der Waals surface area contributed by atoms with Crippen LogP contribution in [-0.2, 0) is 15.6 Å². The molecule has 0 atom stereocenters. The van der Waals surface area contributed by atoms with Crippen LogP contribution in [0.15, 0.2) is 24.8 Å². The van der Waals surface area contributed by atoms with Crippen LogP contribution in [0, 0.1) is 6.92 Å². The molecule has 2 fully saturated rings. The van der Waals surface area contributed by atoms with Gasteiger partial charge < -0.3 is 14.7 Å². The summed E-state index contributed by atoms with van der Waals surface area (Å²) in [6.07, 6.45) is 9.65. The fourth-order valence-electron chi connectivity index (χ4n) is 4.31. The number of nitrogens with zero attached hydrogens (tertiary/aromatic N) is 8. The van der Waals surface area contributed by atoms with E-state index >= 15 is 0 Å². The number of carbonyl (C=O) groups excluding carboxylic acids is 2. The zero-order valence-electron chi connectivity index (χ0n) is 20.4. The van der Waals surface area contributed by atoms with Crippen molar-refractivity contribution >= 4 is 24.3 Å². The molecule has 2 aliphatic rings. The first kappa shape index (κ1) is 25.6. The lowest BCUT2D eigenvalue weighted by Crippen LogP contribution is -2.38. The fraction of sp³-hybridized carbons (Fsp3) is 0.636. The van der Waals surface area contributed by atoms with Crippen LogP contribution in [0.5, 0.6) is 0 Å². The summed E-state index contributed by atoms with van der Waals surface area (Å²) in [5, 5.41) is 8.47. The third-order valence-electron chi connectivity index (χ3n) is 6.24. The van der Waals surface area contributed by atoms with Crippen LogP contribution in [0.1, 0.15) is 24.0 Å². The molecule has 0 aromatic carbocycles. The van der Waals surface area contributed by atoms with Gasteiger partial charge in [-0.25, -0.2) is 18.8 Å². The lowest BCUT2D eigenvalue weighted by molar-refractivity contribution is -0.163. The van der Waals surface area contributed by atoms with Crippen LogP contribution in [-0.4, -0.2) is 117 Å². The van der Waals surface area contributed by atoms with Crippen molar-refractivity contribution in [3.63, 3.8) is 0 Å². The molecule has 0 aliphatic carbocycles.